The van der Waals surface area contributed by atoms with E-state index in [0.29, 0.717) is 17.0 Å². The molecule has 0 atom stereocenters. The third-order valence-corrected chi connectivity index (χ3v) is 4.07. The number of hydrogen-bond donors (Lipinski definition) is 1. The second-order valence-corrected chi connectivity index (χ2v) is 6.84. The number of hydrogen-bond acceptors (Lipinski definition) is 5. The first-order valence-corrected chi connectivity index (χ1v) is 7.61. The predicted octanol–water partition coefficient (Wildman–Crippen LogP) is 3.46. The van der Waals surface area contributed by atoms with E-state index in [4.69, 9.17) is 10.5 Å². The lowest BCUT2D eigenvalue weighted by atomic mass is 9.93. The number of methoxy groups -OCH3 is 1. The minimum atomic E-state index is -0.0405. The molecule has 2 rings (SSSR count). The van der Waals surface area contributed by atoms with E-state index in [2.05, 4.69) is 25.8 Å². The molecule has 1 aromatic heterocycles. The number of ether oxygens (including phenoxy) is 1. The molecule has 0 amide bonds. The van der Waals surface area contributed by atoms with Crippen LogP contribution in [0.25, 0.3) is 0 Å². The Morgan fingerprint density at radius 2 is 2.10 bits per heavy atom. The van der Waals surface area contributed by atoms with Gasteiger partial charge in [-0.1, -0.05) is 26.8 Å². The molecule has 1 heterocycles. The van der Waals surface area contributed by atoms with Crippen molar-refractivity contribution in [3.63, 3.8) is 0 Å². The normalized spacial score (nSPS) is 11.4. The zero-order chi connectivity index (χ0) is 15.6. The van der Waals surface area contributed by atoms with Crippen LogP contribution in [0.3, 0.4) is 0 Å². The van der Waals surface area contributed by atoms with Gasteiger partial charge in [0.15, 0.2) is 5.78 Å². The number of nitrogens with zero attached hydrogens (tertiary/aromatic N) is 1. The molecule has 0 aliphatic rings. The van der Waals surface area contributed by atoms with E-state index in [1.54, 1.807) is 18.2 Å². The Kier molecular flexibility index (Phi) is 4.32. The van der Waals surface area contributed by atoms with E-state index in [1.165, 1.54) is 18.4 Å². The minimum absolute atomic E-state index is 0.00715. The van der Waals surface area contributed by atoms with Crippen LogP contribution in [0, 0.1) is 0 Å². The van der Waals surface area contributed by atoms with Gasteiger partial charge in [-0.15, -0.1) is 11.3 Å². The van der Waals surface area contributed by atoms with E-state index in [1.807, 2.05) is 5.38 Å². The lowest BCUT2D eigenvalue weighted by Gasteiger charge is -2.14. The van der Waals surface area contributed by atoms with Crippen molar-refractivity contribution >= 4 is 22.8 Å². The molecule has 0 radical (unpaired) electrons. The summed E-state index contributed by atoms with van der Waals surface area (Å²) >= 11 is 1.51. The van der Waals surface area contributed by atoms with Crippen LogP contribution in [0.15, 0.2) is 23.6 Å². The fraction of sp³-hybridized carbons (Fsp3) is 0.375. The topological polar surface area (TPSA) is 65.2 Å². The molecule has 0 spiro atoms. The van der Waals surface area contributed by atoms with Crippen LogP contribution in [0.2, 0.25) is 0 Å². The van der Waals surface area contributed by atoms with Gasteiger partial charge >= 0.3 is 0 Å². The second kappa shape index (κ2) is 5.85. The number of nitrogen functional groups attached to an aromatic ring is 1. The number of ketones is 1. The summed E-state index contributed by atoms with van der Waals surface area (Å²) in [5, 5.41) is 2.82. The molecular formula is C16H20N2O2S. The quantitative estimate of drug-likeness (QED) is 0.694. The van der Waals surface area contributed by atoms with Gasteiger partial charge in [0.25, 0.3) is 0 Å². The molecule has 112 valence electrons. The van der Waals surface area contributed by atoms with Crippen LogP contribution in [0.5, 0.6) is 5.75 Å². The van der Waals surface area contributed by atoms with E-state index in [-0.39, 0.29) is 17.6 Å². The molecule has 0 saturated carbocycles. The molecule has 0 fully saturated rings. The van der Waals surface area contributed by atoms with Crippen LogP contribution in [-0.2, 0) is 11.8 Å². The van der Waals surface area contributed by atoms with Crippen molar-refractivity contribution in [2.24, 2.45) is 0 Å². The van der Waals surface area contributed by atoms with Crippen molar-refractivity contribution in [2.75, 3.05) is 12.8 Å². The van der Waals surface area contributed by atoms with Gasteiger partial charge in [0.05, 0.1) is 24.9 Å². The maximum absolute atomic E-state index is 12.4. The number of thiazole rings is 1. The molecule has 0 unspecified atom stereocenters. The molecule has 21 heavy (non-hydrogen) atoms. The van der Waals surface area contributed by atoms with Gasteiger partial charge in [-0.2, -0.15) is 0 Å². The lowest BCUT2D eigenvalue weighted by Crippen LogP contribution is -2.12. The van der Waals surface area contributed by atoms with Crippen molar-refractivity contribution in [3.05, 3.63) is 39.8 Å². The smallest absolute Gasteiger partial charge is 0.171 e. The number of carbonyl (C=O) groups excluding carboxylic acids is 1. The first-order chi connectivity index (χ1) is 9.82. The highest BCUT2D eigenvalue weighted by molar-refractivity contribution is 7.09. The summed E-state index contributed by atoms with van der Waals surface area (Å²) in [5.41, 5.74) is 7.84. The number of carbonyl (C=O) groups is 1. The monoisotopic (exact) mass is 304 g/mol. The highest BCUT2D eigenvalue weighted by Crippen LogP contribution is 2.27. The van der Waals surface area contributed by atoms with E-state index >= 15 is 0 Å². The first kappa shape index (κ1) is 15.5. The maximum atomic E-state index is 12.4. The number of para-hydroxylation sites is 1. The van der Waals surface area contributed by atoms with Crippen LogP contribution in [0.4, 0.5) is 5.69 Å². The highest BCUT2D eigenvalue weighted by atomic mass is 32.1. The average molecular weight is 304 g/mol. The summed E-state index contributed by atoms with van der Waals surface area (Å²) in [7, 11) is 1.54. The third-order valence-electron chi connectivity index (χ3n) is 3.22. The fourth-order valence-electron chi connectivity index (χ4n) is 1.93. The van der Waals surface area contributed by atoms with Crippen LogP contribution in [0.1, 0.15) is 41.8 Å². The van der Waals surface area contributed by atoms with Crippen LogP contribution < -0.4 is 10.5 Å². The summed E-state index contributed by atoms with van der Waals surface area (Å²) < 4.78 is 5.14. The Labute approximate surface area is 129 Å². The third kappa shape index (κ3) is 3.42. The molecule has 4 nitrogen and oxygen atoms in total. The zero-order valence-corrected chi connectivity index (χ0v) is 13.6. The highest BCUT2D eigenvalue weighted by Gasteiger charge is 2.20. The summed E-state index contributed by atoms with van der Waals surface area (Å²) in [4.78, 5) is 16.9. The number of aromatic nitrogens is 1. The predicted molar refractivity (Wildman–Crippen MR) is 86.3 cm³/mol. The molecule has 0 aliphatic carbocycles. The Morgan fingerprint density at radius 3 is 2.67 bits per heavy atom. The van der Waals surface area contributed by atoms with E-state index in [9.17, 15) is 4.79 Å². The Bertz CT molecular complexity index is 657. The molecule has 0 bridgehead atoms. The largest absolute Gasteiger partial charge is 0.495 e. The maximum Gasteiger partial charge on any atom is 0.171 e. The minimum Gasteiger partial charge on any atom is -0.495 e. The Morgan fingerprint density at radius 1 is 1.38 bits per heavy atom. The van der Waals surface area contributed by atoms with Crippen LogP contribution in [-0.4, -0.2) is 17.9 Å². The summed E-state index contributed by atoms with van der Waals surface area (Å²) in [6, 6.07) is 5.23. The molecular weight excluding hydrogens is 284 g/mol. The molecule has 2 N–H and O–H groups in total. The van der Waals surface area contributed by atoms with Crippen molar-refractivity contribution in [3.8, 4) is 5.75 Å². The van der Waals surface area contributed by atoms with E-state index < -0.39 is 0 Å². The summed E-state index contributed by atoms with van der Waals surface area (Å²) in [5.74, 6) is 0.483. The van der Waals surface area contributed by atoms with Crippen LogP contribution >= 0.6 is 11.3 Å². The van der Waals surface area contributed by atoms with Gasteiger partial charge in [-0.25, -0.2) is 4.98 Å². The molecule has 0 aliphatic heterocycles. The van der Waals surface area contributed by atoms with Gasteiger partial charge in [-0.3, -0.25) is 4.79 Å². The second-order valence-electron chi connectivity index (χ2n) is 5.90. The number of Topliss-reactive ketones (excluding diaryl/α,β-unsaturated/α-hetero) is 1. The number of nitrogens with two attached hydrogens (primary N) is 1. The van der Waals surface area contributed by atoms with Gasteiger partial charge in [-0.05, 0) is 12.1 Å². The number of rotatable bonds is 4. The SMILES string of the molecule is COc1cccc(C(=O)Cc2nc(C(C)(C)C)cs2)c1N. The van der Waals surface area contributed by atoms with Gasteiger partial charge < -0.3 is 10.5 Å². The van der Waals surface area contributed by atoms with Gasteiger partial charge in [0.2, 0.25) is 0 Å². The lowest BCUT2D eigenvalue weighted by molar-refractivity contribution is 0.0993. The molecule has 5 heteroatoms. The first-order valence-electron chi connectivity index (χ1n) is 6.73. The van der Waals surface area contributed by atoms with Gasteiger partial charge in [0, 0.05) is 16.4 Å². The average Bonchev–Trinajstić information content (AvgIpc) is 2.87. The zero-order valence-electron chi connectivity index (χ0n) is 12.8. The Balaban J connectivity index is 2.21. The van der Waals surface area contributed by atoms with Crippen molar-refractivity contribution in [1.82, 2.24) is 4.98 Å². The van der Waals surface area contributed by atoms with Crippen molar-refractivity contribution in [1.29, 1.82) is 0 Å². The van der Waals surface area contributed by atoms with Crippen molar-refractivity contribution < 1.29 is 9.53 Å². The fourth-order valence-corrected chi connectivity index (χ4v) is 2.95. The summed E-state index contributed by atoms with van der Waals surface area (Å²) in [6.07, 6.45) is 0.262. The van der Waals surface area contributed by atoms with Gasteiger partial charge in [0.1, 0.15) is 10.8 Å². The Hall–Kier alpha value is -1.88. The molecule has 1 aromatic carbocycles. The van der Waals surface area contributed by atoms with Crippen molar-refractivity contribution in [2.45, 2.75) is 32.6 Å². The van der Waals surface area contributed by atoms with E-state index in [0.717, 1.165) is 10.7 Å². The number of anilines is 1. The standard InChI is InChI=1S/C16H20N2O2S/c1-16(2,3)13-9-21-14(18-13)8-11(19)10-6-5-7-12(20-4)15(10)17/h5-7,9H,8,17H2,1-4H3. The number of benzene rings is 1. The summed E-state index contributed by atoms with van der Waals surface area (Å²) in [6.45, 7) is 6.31. The molecule has 0 saturated heterocycles. The molecule has 2 aromatic rings.